The molecule has 0 fully saturated rings. The normalized spacial score (nSPS) is 16.0. The number of rotatable bonds is 7. The van der Waals surface area contributed by atoms with E-state index in [9.17, 15) is 0 Å². The van der Waals surface area contributed by atoms with Gasteiger partial charge in [-0.3, -0.25) is 0 Å². The third-order valence-electron chi connectivity index (χ3n) is 1.58. The molecule has 2 atom stereocenters. The lowest BCUT2D eigenvalue weighted by Gasteiger charge is -2.11. The zero-order valence-corrected chi connectivity index (χ0v) is 9.93. The van der Waals surface area contributed by atoms with Gasteiger partial charge in [-0.25, -0.2) is 0 Å². The third kappa shape index (κ3) is 7.79. The predicted octanol–water partition coefficient (Wildman–Crippen LogP) is 4.24. The Kier molecular flexibility index (Phi) is 9.59. The van der Waals surface area contributed by atoms with Crippen molar-refractivity contribution >= 4 is 46.4 Å². The highest BCUT2D eigenvalue weighted by Gasteiger charge is 2.11. The summed E-state index contributed by atoms with van der Waals surface area (Å²) in [6, 6.07) is 0. The Balaban J connectivity index is 3.33. The van der Waals surface area contributed by atoms with E-state index in [2.05, 4.69) is 0 Å². The zero-order chi connectivity index (χ0) is 9.40. The fourth-order valence-electron chi connectivity index (χ4n) is 0.930. The van der Waals surface area contributed by atoms with Gasteiger partial charge in [0.25, 0.3) is 0 Å². The predicted molar refractivity (Wildman–Crippen MR) is 59.2 cm³/mol. The first-order valence-corrected chi connectivity index (χ1v) is 6.05. The maximum absolute atomic E-state index is 6.00. The van der Waals surface area contributed by atoms with E-state index < -0.39 is 0 Å². The van der Waals surface area contributed by atoms with Gasteiger partial charge < -0.3 is 0 Å². The van der Waals surface area contributed by atoms with Crippen molar-refractivity contribution in [2.45, 2.75) is 36.4 Å². The highest BCUT2D eigenvalue weighted by molar-refractivity contribution is 6.24. The van der Waals surface area contributed by atoms with Crippen molar-refractivity contribution in [1.29, 1.82) is 0 Å². The van der Waals surface area contributed by atoms with Crippen LogP contribution in [0, 0.1) is 0 Å². The summed E-state index contributed by atoms with van der Waals surface area (Å²) in [7, 11) is 0. The lowest BCUT2D eigenvalue weighted by molar-refractivity contribution is 0.641. The van der Waals surface area contributed by atoms with Crippen LogP contribution in [0.1, 0.15) is 25.7 Å². The Hall–Kier alpha value is 1.16. The summed E-state index contributed by atoms with van der Waals surface area (Å²) in [5.74, 6) is 1.28. The van der Waals surface area contributed by atoms with Crippen molar-refractivity contribution in [3.05, 3.63) is 0 Å². The molecule has 74 valence electrons. The van der Waals surface area contributed by atoms with Crippen molar-refractivity contribution in [3.63, 3.8) is 0 Å². The van der Waals surface area contributed by atoms with Crippen LogP contribution in [0.15, 0.2) is 0 Å². The number of halogens is 4. The fraction of sp³-hybridized carbons (Fsp3) is 1.00. The van der Waals surface area contributed by atoms with Gasteiger partial charge in [-0.2, -0.15) is 0 Å². The van der Waals surface area contributed by atoms with Crippen molar-refractivity contribution in [2.75, 3.05) is 11.8 Å². The van der Waals surface area contributed by atoms with E-state index in [1.54, 1.807) is 0 Å². The Morgan fingerprint density at radius 3 is 1.92 bits per heavy atom. The summed E-state index contributed by atoms with van der Waals surface area (Å²) in [5.41, 5.74) is 0. The Labute approximate surface area is 94.5 Å². The largest absolute Gasteiger partial charge is 0.127 e. The highest BCUT2D eigenvalue weighted by atomic mass is 35.5. The molecular weight excluding hydrogens is 238 g/mol. The van der Waals surface area contributed by atoms with Crippen molar-refractivity contribution in [1.82, 2.24) is 0 Å². The quantitative estimate of drug-likeness (QED) is 0.594. The van der Waals surface area contributed by atoms with Gasteiger partial charge in [0.2, 0.25) is 0 Å². The monoisotopic (exact) mass is 250 g/mol. The van der Waals surface area contributed by atoms with E-state index in [1.165, 1.54) is 0 Å². The van der Waals surface area contributed by atoms with Gasteiger partial charge in [-0.1, -0.05) is 0 Å². The van der Waals surface area contributed by atoms with Crippen LogP contribution in [0.25, 0.3) is 0 Å². The maximum Gasteiger partial charge on any atom is 0.0361 e. The minimum Gasteiger partial charge on any atom is -0.127 e. The van der Waals surface area contributed by atoms with Gasteiger partial charge in [0, 0.05) is 22.5 Å². The van der Waals surface area contributed by atoms with Crippen LogP contribution in [0.3, 0.4) is 0 Å². The molecule has 0 aromatic carbocycles. The molecule has 0 aliphatic rings. The van der Waals surface area contributed by atoms with E-state index in [1.807, 2.05) is 0 Å². The van der Waals surface area contributed by atoms with Crippen molar-refractivity contribution in [2.24, 2.45) is 0 Å². The van der Waals surface area contributed by atoms with Crippen molar-refractivity contribution in [3.8, 4) is 0 Å². The summed E-state index contributed by atoms with van der Waals surface area (Å²) >= 11 is 23.0. The number of hydrogen-bond acceptors (Lipinski definition) is 0. The molecule has 0 aliphatic carbocycles. The van der Waals surface area contributed by atoms with Crippen molar-refractivity contribution < 1.29 is 0 Å². The molecule has 0 rings (SSSR count). The average Bonchev–Trinajstić information content (AvgIpc) is 2.01. The second-order valence-corrected chi connectivity index (χ2v) is 4.73. The van der Waals surface area contributed by atoms with E-state index in [-0.39, 0.29) is 10.8 Å². The molecule has 0 nitrogen and oxygen atoms in total. The molecule has 12 heavy (non-hydrogen) atoms. The maximum atomic E-state index is 6.00. The molecule has 2 unspecified atom stereocenters. The molecule has 0 radical (unpaired) electrons. The molecule has 4 heteroatoms. The van der Waals surface area contributed by atoms with Crippen LogP contribution < -0.4 is 0 Å². The van der Waals surface area contributed by atoms with Gasteiger partial charge in [-0.05, 0) is 25.7 Å². The molecule has 0 N–H and O–H groups in total. The Bertz CT molecular complexity index is 97.1. The molecule has 0 aromatic rings. The van der Waals surface area contributed by atoms with E-state index in [0.29, 0.717) is 11.8 Å². The topological polar surface area (TPSA) is 0 Å². The minimum atomic E-state index is 0.111. The van der Waals surface area contributed by atoms with Crippen LogP contribution in [0.4, 0.5) is 0 Å². The number of alkyl halides is 4. The van der Waals surface area contributed by atoms with Crippen LogP contribution in [0.2, 0.25) is 0 Å². The molecule has 0 amide bonds. The molecular formula is C8H14Cl4. The van der Waals surface area contributed by atoms with Crippen LogP contribution in [-0.2, 0) is 0 Å². The molecule has 0 aliphatic heterocycles. The highest BCUT2D eigenvalue weighted by Crippen LogP contribution is 2.18. The summed E-state index contributed by atoms with van der Waals surface area (Å²) in [5, 5.41) is 0.259. The second kappa shape index (κ2) is 8.74. The summed E-state index contributed by atoms with van der Waals surface area (Å²) in [6.45, 7) is 0. The minimum absolute atomic E-state index is 0.111. The second-order valence-electron chi connectivity index (χ2n) is 2.74. The Morgan fingerprint density at radius 1 is 0.833 bits per heavy atom. The summed E-state index contributed by atoms with van der Waals surface area (Å²) in [6.07, 6.45) is 3.55. The van der Waals surface area contributed by atoms with Crippen LogP contribution in [-0.4, -0.2) is 22.5 Å². The molecule has 0 aromatic heterocycles. The van der Waals surface area contributed by atoms with Crippen LogP contribution in [0.5, 0.6) is 0 Å². The fourth-order valence-corrected chi connectivity index (χ4v) is 2.24. The summed E-state index contributed by atoms with van der Waals surface area (Å²) < 4.78 is 0. The standard InChI is InChI=1S/C8H14Cl4/c9-4-1-2-7(11)6-8(12)3-5-10/h7-8H,1-6H2. The molecule has 0 saturated carbocycles. The molecule has 0 saturated heterocycles. The smallest absolute Gasteiger partial charge is 0.0361 e. The number of hydrogen-bond donors (Lipinski definition) is 0. The van der Waals surface area contributed by atoms with Gasteiger partial charge in [0.1, 0.15) is 0 Å². The Morgan fingerprint density at radius 2 is 1.42 bits per heavy atom. The first-order valence-electron chi connectivity index (χ1n) is 4.10. The third-order valence-corrected chi connectivity index (χ3v) is 2.86. The van der Waals surface area contributed by atoms with Gasteiger partial charge in [-0.15, -0.1) is 46.4 Å². The molecule has 0 heterocycles. The molecule has 0 bridgehead atoms. The SMILES string of the molecule is ClCCCC(Cl)CC(Cl)CCCl. The molecule has 0 spiro atoms. The first kappa shape index (κ1) is 13.2. The van der Waals surface area contributed by atoms with Gasteiger partial charge in [0.15, 0.2) is 0 Å². The van der Waals surface area contributed by atoms with E-state index in [0.717, 1.165) is 25.7 Å². The van der Waals surface area contributed by atoms with E-state index in [4.69, 9.17) is 46.4 Å². The van der Waals surface area contributed by atoms with E-state index >= 15 is 0 Å². The van der Waals surface area contributed by atoms with Gasteiger partial charge >= 0.3 is 0 Å². The average molecular weight is 252 g/mol. The zero-order valence-electron chi connectivity index (χ0n) is 6.91. The lowest BCUT2D eigenvalue weighted by atomic mass is 10.1. The summed E-state index contributed by atoms with van der Waals surface area (Å²) in [4.78, 5) is 0. The van der Waals surface area contributed by atoms with Gasteiger partial charge in [0.05, 0.1) is 0 Å². The lowest BCUT2D eigenvalue weighted by Crippen LogP contribution is -2.09. The van der Waals surface area contributed by atoms with Crippen LogP contribution >= 0.6 is 46.4 Å². The first-order chi connectivity index (χ1) is 5.70.